The number of aryl methyl sites for hydroxylation is 1. The van der Waals surface area contributed by atoms with Crippen molar-refractivity contribution >= 4 is 33.5 Å². The molecule has 1 saturated heterocycles. The molecule has 8 nitrogen and oxygen atoms in total. The van der Waals surface area contributed by atoms with Crippen molar-refractivity contribution in [3.8, 4) is 11.1 Å². The topological polar surface area (TPSA) is 102 Å². The van der Waals surface area contributed by atoms with Gasteiger partial charge in [-0.1, -0.05) is 32.0 Å². The second kappa shape index (κ2) is 12.3. The van der Waals surface area contributed by atoms with E-state index in [1.807, 2.05) is 26.1 Å². The number of likely N-dealkylation sites (tertiary alicyclic amines) is 1. The number of piperidine rings is 1. The molecule has 1 unspecified atom stereocenters. The average Bonchev–Trinajstić information content (AvgIpc) is 3.37. The highest BCUT2D eigenvalue weighted by Gasteiger charge is 2.29. The van der Waals surface area contributed by atoms with Crippen LogP contribution in [0.1, 0.15) is 38.3 Å². The number of amides is 1. The van der Waals surface area contributed by atoms with Crippen LogP contribution in [0.4, 0.5) is 5.69 Å². The Morgan fingerprint density at radius 2 is 1.85 bits per heavy atom. The van der Waals surface area contributed by atoms with E-state index in [2.05, 4.69) is 80.5 Å². The predicted molar refractivity (Wildman–Crippen MR) is 162 cm³/mol. The SMILES string of the molecule is CC.Cn1ccc2ccc(-c3cc(NC(c4cccnc4)C4CCN(CC(N)=O)CC4)cc4nccnc34)cc21. The van der Waals surface area contributed by atoms with Gasteiger partial charge in [-0.05, 0) is 78.7 Å². The molecule has 0 bridgehead atoms. The largest absolute Gasteiger partial charge is 0.378 e. The number of carbonyl (C=O) groups is 1. The summed E-state index contributed by atoms with van der Waals surface area (Å²) in [4.78, 5) is 27.3. The summed E-state index contributed by atoms with van der Waals surface area (Å²) in [5.41, 5.74) is 12.6. The van der Waals surface area contributed by atoms with Crippen molar-refractivity contribution in [2.24, 2.45) is 18.7 Å². The molecule has 8 heteroatoms. The van der Waals surface area contributed by atoms with Crippen molar-refractivity contribution in [1.82, 2.24) is 24.4 Å². The van der Waals surface area contributed by atoms with Crippen LogP contribution in [0.3, 0.4) is 0 Å². The van der Waals surface area contributed by atoms with Gasteiger partial charge in [0.2, 0.25) is 5.91 Å². The van der Waals surface area contributed by atoms with E-state index in [1.165, 1.54) is 10.9 Å². The first kappa shape index (κ1) is 27.3. The molecule has 2 aromatic carbocycles. The van der Waals surface area contributed by atoms with E-state index in [9.17, 15) is 4.79 Å². The molecule has 1 aliphatic rings. The summed E-state index contributed by atoms with van der Waals surface area (Å²) in [6.45, 7) is 6.00. The van der Waals surface area contributed by atoms with E-state index in [0.717, 1.165) is 59.3 Å². The predicted octanol–water partition coefficient (Wildman–Crippen LogP) is 5.56. The average molecular weight is 536 g/mol. The highest BCUT2D eigenvalue weighted by molar-refractivity contribution is 5.97. The van der Waals surface area contributed by atoms with Gasteiger partial charge < -0.3 is 15.6 Å². The van der Waals surface area contributed by atoms with Gasteiger partial charge in [0.15, 0.2) is 0 Å². The number of hydrogen-bond acceptors (Lipinski definition) is 6. The maximum absolute atomic E-state index is 11.4. The zero-order chi connectivity index (χ0) is 28.1. The first-order valence-electron chi connectivity index (χ1n) is 14.0. The van der Waals surface area contributed by atoms with Crippen molar-refractivity contribution in [3.05, 3.63) is 85.1 Å². The van der Waals surface area contributed by atoms with Crippen LogP contribution in [0.15, 0.2) is 79.5 Å². The lowest BCUT2D eigenvalue weighted by atomic mass is 9.85. The van der Waals surface area contributed by atoms with E-state index in [0.29, 0.717) is 12.5 Å². The Morgan fingerprint density at radius 3 is 2.60 bits per heavy atom. The van der Waals surface area contributed by atoms with Crippen molar-refractivity contribution in [2.45, 2.75) is 32.7 Å². The fourth-order valence-corrected chi connectivity index (χ4v) is 5.69. The Kier molecular flexibility index (Phi) is 8.36. The minimum Gasteiger partial charge on any atom is -0.378 e. The minimum atomic E-state index is -0.274. The number of primary amides is 1. The lowest BCUT2D eigenvalue weighted by Gasteiger charge is -2.36. The molecule has 1 aliphatic heterocycles. The molecule has 40 heavy (non-hydrogen) atoms. The fourth-order valence-electron chi connectivity index (χ4n) is 5.69. The molecule has 3 aromatic heterocycles. The normalized spacial score (nSPS) is 15.0. The number of nitrogens with zero attached hydrogens (tertiary/aromatic N) is 5. The number of hydrogen-bond donors (Lipinski definition) is 2. The van der Waals surface area contributed by atoms with Crippen LogP contribution < -0.4 is 11.1 Å². The number of nitrogens with two attached hydrogens (primary N) is 1. The van der Waals surface area contributed by atoms with Gasteiger partial charge in [-0.3, -0.25) is 24.6 Å². The van der Waals surface area contributed by atoms with Crippen LogP contribution in [0.2, 0.25) is 0 Å². The smallest absolute Gasteiger partial charge is 0.231 e. The third-order valence-electron chi connectivity index (χ3n) is 7.62. The third kappa shape index (κ3) is 5.82. The summed E-state index contributed by atoms with van der Waals surface area (Å²) in [6, 6.07) is 17.1. The molecule has 1 amide bonds. The zero-order valence-corrected chi connectivity index (χ0v) is 23.4. The molecule has 5 aromatic rings. The number of pyridine rings is 1. The standard InChI is InChI=1S/C30H31N7O.C2H6/c1-36-12-6-20-4-5-22(15-27(20)36)25-16-24(17-26-30(25)34-11-10-33-26)35-29(23-3-2-9-32-18-23)21-7-13-37(14-8-21)19-28(31)38;1-2/h2-6,9-12,15-18,21,29,35H,7-8,13-14,19H2,1H3,(H2,31,38);1-2H3. The van der Waals surface area contributed by atoms with E-state index in [4.69, 9.17) is 10.7 Å². The summed E-state index contributed by atoms with van der Waals surface area (Å²) in [7, 11) is 2.06. The van der Waals surface area contributed by atoms with E-state index >= 15 is 0 Å². The van der Waals surface area contributed by atoms with Crippen LogP contribution in [-0.2, 0) is 11.8 Å². The number of aromatic nitrogens is 4. The van der Waals surface area contributed by atoms with E-state index in [-0.39, 0.29) is 11.9 Å². The fraction of sp³-hybridized carbons (Fsp3) is 0.312. The molecule has 0 radical (unpaired) electrons. The zero-order valence-electron chi connectivity index (χ0n) is 23.4. The van der Waals surface area contributed by atoms with E-state index in [1.54, 1.807) is 18.6 Å². The van der Waals surface area contributed by atoms with Gasteiger partial charge in [0.25, 0.3) is 0 Å². The quantitative estimate of drug-likeness (QED) is 0.283. The molecule has 6 rings (SSSR count). The molecule has 1 fully saturated rings. The maximum Gasteiger partial charge on any atom is 0.231 e. The second-order valence-corrected chi connectivity index (χ2v) is 10.1. The van der Waals surface area contributed by atoms with Crippen molar-refractivity contribution in [3.63, 3.8) is 0 Å². The Balaban J connectivity index is 0.00000158. The number of nitrogens with one attached hydrogen (secondary N) is 1. The van der Waals surface area contributed by atoms with Gasteiger partial charge in [0, 0.05) is 54.8 Å². The molecule has 0 spiro atoms. The van der Waals surface area contributed by atoms with Gasteiger partial charge in [-0.25, -0.2) is 0 Å². The van der Waals surface area contributed by atoms with Crippen molar-refractivity contribution in [2.75, 3.05) is 25.0 Å². The van der Waals surface area contributed by atoms with Gasteiger partial charge in [0.1, 0.15) is 0 Å². The highest BCUT2D eigenvalue weighted by Crippen LogP contribution is 2.37. The van der Waals surface area contributed by atoms with Crippen molar-refractivity contribution in [1.29, 1.82) is 0 Å². The molecule has 0 aliphatic carbocycles. The molecule has 4 heterocycles. The Hall–Kier alpha value is -4.30. The summed E-state index contributed by atoms with van der Waals surface area (Å²) in [6.07, 6.45) is 11.2. The minimum absolute atomic E-state index is 0.0664. The Labute approximate surface area is 235 Å². The lowest BCUT2D eigenvalue weighted by Crippen LogP contribution is -2.41. The summed E-state index contributed by atoms with van der Waals surface area (Å²) < 4.78 is 2.14. The van der Waals surface area contributed by atoms with Gasteiger partial charge in [-0.15, -0.1) is 0 Å². The van der Waals surface area contributed by atoms with Crippen LogP contribution in [0.5, 0.6) is 0 Å². The summed E-state index contributed by atoms with van der Waals surface area (Å²) >= 11 is 0. The number of carbonyl (C=O) groups excluding carboxylic acids is 1. The van der Waals surface area contributed by atoms with Crippen LogP contribution in [0, 0.1) is 5.92 Å². The van der Waals surface area contributed by atoms with E-state index < -0.39 is 0 Å². The molecular weight excluding hydrogens is 498 g/mol. The summed E-state index contributed by atoms with van der Waals surface area (Å²) in [5, 5.41) is 5.05. The molecule has 3 N–H and O–H groups in total. The van der Waals surface area contributed by atoms with Crippen molar-refractivity contribution < 1.29 is 4.79 Å². The van der Waals surface area contributed by atoms with Gasteiger partial charge in [0.05, 0.1) is 23.6 Å². The highest BCUT2D eigenvalue weighted by atomic mass is 16.1. The Bertz CT molecular complexity index is 1590. The molecule has 0 saturated carbocycles. The number of benzene rings is 2. The molecule has 1 atom stereocenters. The molecular formula is C32H37N7O. The van der Waals surface area contributed by atoms with Crippen LogP contribution in [0.25, 0.3) is 33.1 Å². The monoisotopic (exact) mass is 535 g/mol. The lowest BCUT2D eigenvalue weighted by molar-refractivity contribution is -0.119. The maximum atomic E-state index is 11.4. The third-order valence-corrected chi connectivity index (χ3v) is 7.62. The Morgan fingerprint density at radius 1 is 1.05 bits per heavy atom. The first-order chi connectivity index (χ1) is 19.5. The second-order valence-electron chi connectivity index (χ2n) is 10.1. The van der Waals surface area contributed by atoms with Gasteiger partial charge >= 0.3 is 0 Å². The van der Waals surface area contributed by atoms with Crippen LogP contribution >= 0.6 is 0 Å². The molecule has 206 valence electrons. The number of rotatable bonds is 7. The van der Waals surface area contributed by atoms with Crippen LogP contribution in [-0.4, -0.2) is 50.0 Å². The summed E-state index contributed by atoms with van der Waals surface area (Å²) in [5.74, 6) is 0.104. The number of fused-ring (bicyclic) bond motifs is 2. The number of anilines is 1. The first-order valence-corrected chi connectivity index (χ1v) is 14.0. The van der Waals surface area contributed by atoms with Gasteiger partial charge in [-0.2, -0.15) is 0 Å².